The number of carbonyl (C=O) groups excluding carboxylic acids is 2. The molecule has 0 aromatic heterocycles. The Hall–Kier alpha value is -0.880. The van der Waals surface area contributed by atoms with E-state index in [9.17, 15) is 9.59 Å². The van der Waals surface area contributed by atoms with E-state index in [-0.39, 0.29) is 11.8 Å². The number of anilines is 1. The summed E-state index contributed by atoms with van der Waals surface area (Å²) >= 11 is 6.95. The molecule has 1 fully saturated rings. The van der Waals surface area contributed by atoms with Crippen LogP contribution < -0.4 is 10.2 Å². The number of piperazine rings is 1. The van der Waals surface area contributed by atoms with Gasteiger partial charge in [0.05, 0.1) is 5.69 Å². The minimum absolute atomic E-state index is 0.0634. The summed E-state index contributed by atoms with van der Waals surface area (Å²) in [4.78, 5) is 26.5. The van der Waals surface area contributed by atoms with Crippen molar-refractivity contribution in [3.8, 4) is 0 Å². The van der Waals surface area contributed by atoms with Gasteiger partial charge in [-0.15, -0.1) is 0 Å². The molecule has 0 bridgehead atoms. The Bertz CT molecular complexity index is 528. The summed E-state index contributed by atoms with van der Waals surface area (Å²) in [5.41, 5.74) is 0.720. The highest BCUT2D eigenvalue weighted by Crippen LogP contribution is 2.37. The quantitative estimate of drug-likeness (QED) is 0.842. The summed E-state index contributed by atoms with van der Waals surface area (Å²) in [7, 11) is 0. The lowest BCUT2D eigenvalue weighted by Gasteiger charge is -2.39. The summed E-state index contributed by atoms with van der Waals surface area (Å²) in [5.74, 6) is -0.159. The van der Waals surface area contributed by atoms with Crippen LogP contribution in [0.1, 0.15) is 26.7 Å². The van der Waals surface area contributed by atoms with Gasteiger partial charge in [0, 0.05) is 8.95 Å². The van der Waals surface area contributed by atoms with Gasteiger partial charge in [-0.1, -0.05) is 19.9 Å². The lowest BCUT2D eigenvalue weighted by atomic mass is 10.0. The molecule has 1 aromatic rings. The Morgan fingerprint density at radius 3 is 2.25 bits per heavy atom. The van der Waals surface area contributed by atoms with Gasteiger partial charge in [0.1, 0.15) is 12.1 Å². The minimum Gasteiger partial charge on any atom is -0.342 e. The topological polar surface area (TPSA) is 49.4 Å². The number of nitrogens with zero attached hydrogens (tertiary/aromatic N) is 1. The summed E-state index contributed by atoms with van der Waals surface area (Å²) in [6.07, 6.45) is 1.15. The number of nitrogens with one attached hydrogen (secondary N) is 1. The molecule has 20 heavy (non-hydrogen) atoms. The predicted molar refractivity (Wildman–Crippen MR) is 85.6 cm³/mol. The summed E-state index contributed by atoms with van der Waals surface area (Å²) < 4.78 is 1.59. The van der Waals surface area contributed by atoms with Gasteiger partial charge < -0.3 is 5.32 Å². The van der Waals surface area contributed by atoms with Gasteiger partial charge in [-0.3, -0.25) is 14.5 Å². The van der Waals surface area contributed by atoms with Gasteiger partial charge in [-0.25, -0.2) is 0 Å². The van der Waals surface area contributed by atoms with Crippen molar-refractivity contribution in [1.82, 2.24) is 5.32 Å². The molecule has 0 spiro atoms. The van der Waals surface area contributed by atoms with Crippen LogP contribution in [0.25, 0.3) is 0 Å². The molecule has 0 saturated carbocycles. The van der Waals surface area contributed by atoms with Gasteiger partial charge in [0.2, 0.25) is 11.8 Å². The fourth-order valence-corrected chi connectivity index (χ4v) is 3.78. The second-order valence-electron chi connectivity index (χ2n) is 4.67. The molecule has 1 aliphatic heterocycles. The molecule has 4 nitrogen and oxygen atoms in total. The molecule has 2 rings (SSSR count). The van der Waals surface area contributed by atoms with Crippen molar-refractivity contribution in [1.29, 1.82) is 0 Å². The highest BCUT2D eigenvalue weighted by Gasteiger charge is 2.40. The second kappa shape index (κ2) is 6.26. The van der Waals surface area contributed by atoms with E-state index in [1.165, 1.54) is 0 Å². The van der Waals surface area contributed by atoms with E-state index in [1.54, 1.807) is 4.90 Å². The number of amides is 2. The number of halogens is 2. The number of hydrogen-bond donors (Lipinski definition) is 1. The second-order valence-corrected chi connectivity index (χ2v) is 6.38. The van der Waals surface area contributed by atoms with Crippen LogP contribution in [-0.2, 0) is 9.59 Å². The average Bonchev–Trinajstić information content (AvgIpc) is 2.42. The molecule has 2 atom stereocenters. The fourth-order valence-electron chi connectivity index (χ4n) is 2.40. The monoisotopic (exact) mass is 402 g/mol. The number of para-hydroxylation sites is 1. The number of benzene rings is 1. The van der Waals surface area contributed by atoms with E-state index in [0.29, 0.717) is 12.8 Å². The molecule has 1 N–H and O–H groups in total. The van der Waals surface area contributed by atoms with Crippen LogP contribution in [0.15, 0.2) is 27.1 Å². The van der Waals surface area contributed by atoms with Gasteiger partial charge >= 0.3 is 0 Å². The van der Waals surface area contributed by atoms with Crippen LogP contribution in [0.3, 0.4) is 0 Å². The van der Waals surface area contributed by atoms with Gasteiger partial charge in [0.25, 0.3) is 0 Å². The molecule has 2 unspecified atom stereocenters. The number of carbonyl (C=O) groups is 2. The van der Waals surface area contributed by atoms with Crippen LogP contribution in [0.4, 0.5) is 5.69 Å². The zero-order valence-electron chi connectivity index (χ0n) is 11.3. The SMILES string of the molecule is CCC1NC(=O)C(CC)N(c2c(Br)cccc2Br)C1=O. The van der Waals surface area contributed by atoms with Gasteiger partial charge in [0.15, 0.2) is 0 Å². The molecule has 0 aliphatic carbocycles. The first-order chi connectivity index (χ1) is 9.51. The Labute approximate surface area is 135 Å². The van der Waals surface area contributed by atoms with Gasteiger partial charge in [-0.05, 0) is 56.8 Å². The molecule has 1 aromatic carbocycles. The third kappa shape index (κ3) is 2.63. The maximum absolute atomic E-state index is 12.6. The largest absolute Gasteiger partial charge is 0.342 e. The molecule has 1 aliphatic rings. The zero-order chi connectivity index (χ0) is 14.9. The highest BCUT2D eigenvalue weighted by atomic mass is 79.9. The fraction of sp³-hybridized carbons (Fsp3) is 0.429. The Morgan fingerprint density at radius 2 is 1.75 bits per heavy atom. The maximum atomic E-state index is 12.6. The van der Waals surface area contributed by atoms with E-state index >= 15 is 0 Å². The molecular weight excluding hydrogens is 388 g/mol. The van der Waals surface area contributed by atoms with Gasteiger partial charge in [-0.2, -0.15) is 0 Å². The first kappa shape index (κ1) is 15.5. The van der Waals surface area contributed by atoms with Crippen molar-refractivity contribution in [2.45, 2.75) is 38.8 Å². The average molecular weight is 404 g/mol. The van der Waals surface area contributed by atoms with Crippen molar-refractivity contribution >= 4 is 49.4 Å². The van der Waals surface area contributed by atoms with Crippen LogP contribution in [-0.4, -0.2) is 23.9 Å². The van der Waals surface area contributed by atoms with E-state index < -0.39 is 12.1 Å². The van der Waals surface area contributed by atoms with Crippen molar-refractivity contribution in [3.05, 3.63) is 27.1 Å². The van der Waals surface area contributed by atoms with E-state index in [2.05, 4.69) is 37.2 Å². The normalized spacial score (nSPS) is 22.9. The first-order valence-corrected chi connectivity index (χ1v) is 8.17. The molecule has 1 saturated heterocycles. The van der Waals surface area contributed by atoms with Crippen molar-refractivity contribution in [2.24, 2.45) is 0 Å². The Balaban J connectivity index is 2.54. The maximum Gasteiger partial charge on any atom is 0.250 e. The third-order valence-corrected chi connectivity index (χ3v) is 4.72. The standard InChI is InChI=1S/C14H16Br2N2O2/c1-3-10-14(20)18(11(4-2)13(19)17-10)12-8(15)6-5-7-9(12)16/h5-7,10-11H,3-4H2,1-2H3,(H,17,19). The number of hydrogen-bond acceptors (Lipinski definition) is 2. The molecule has 2 amide bonds. The molecule has 108 valence electrons. The van der Waals surface area contributed by atoms with Crippen molar-refractivity contribution < 1.29 is 9.59 Å². The molecular formula is C14H16Br2N2O2. The van der Waals surface area contributed by atoms with E-state index in [1.807, 2.05) is 32.0 Å². The minimum atomic E-state index is -0.472. The van der Waals surface area contributed by atoms with Crippen LogP contribution in [0, 0.1) is 0 Å². The first-order valence-electron chi connectivity index (χ1n) is 6.58. The lowest BCUT2D eigenvalue weighted by molar-refractivity contribution is -0.134. The van der Waals surface area contributed by atoms with Crippen molar-refractivity contribution in [3.63, 3.8) is 0 Å². The molecule has 1 heterocycles. The Morgan fingerprint density at radius 1 is 1.15 bits per heavy atom. The predicted octanol–water partition coefficient (Wildman–Crippen LogP) is 3.23. The summed E-state index contributed by atoms with van der Waals surface area (Å²) in [5, 5.41) is 2.79. The Kier molecular flexibility index (Phi) is 4.86. The number of rotatable bonds is 3. The van der Waals surface area contributed by atoms with Crippen LogP contribution in [0.2, 0.25) is 0 Å². The zero-order valence-corrected chi connectivity index (χ0v) is 14.5. The van der Waals surface area contributed by atoms with Crippen LogP contribution >= 0.6 is 31.9 Å². The highest BCUT2D eigenvalue weighted by molar-refractivity contribution is 9.11. The summed E-state index contributed by atoms with van der Waals surface area (Å²) in [6.45, 7) is 3.80. The summed E-state index contributed by atoms with van der Waals surface area (Å²) in [6, 6.07) is 4.69. The van der Waals surface area contributed by atoms with E-state index in [0.717, 1.165) is 14.6 Å². The van der Waals surface area contributed by atoms with E-state index in [4.69, 9.17) is 0 Å². The smallest absolute Gasteiger partial charge is 0.250 e. The molecule has 6 heteroatoms. The third-order valence-electron chi connectivity index (χ3n) is 3.44. The van der Waals surface area contributed by atoms with Crippen molar-refractivity contribution in [2.75, 3.05) is 4.90 Å². The van der Waals surface area contributed by atoms with Crippen LogP contribution in [0.5, 0.6) is 0 Å². The molecule has 0 radical (unpaired) electrons. The lowest BCUT2D eigenvalue weighted by Crippen LogP contribution is -2.63.